The number of hydrogen-bond acceptors (Lipinski definition) is 4. The molecule has 0 saturated carbocycles. The van der Waals surface area contributed by atoms with Gasteiger partial charge in [0.05, 0.1) is 0 Å². The Morgan fingerprint density at radius 3 is 2.36 bits per heavy atom. The molecule has 0 bridgehead atoms. The molecule has 0 aromatic heterocycles. The molecule has 0 aliphatic carbocycles. The first-order valence-electron chi connectivity index (χ1n) is 7.25. The summed E-state index contributed by atoms with van der Waals surface area (Å²) < 4.78 is 5.86. The Balaban J connectivity index is 2.19. The van der Waals surface area contributed by atoms with E-state index in [-0.39, 0.29) is 12.0 Å². The average molecular weight is 299 g/mol. The predicted molar refractivity (Wildman–Crippen MR) is 86.5 cm³/mol. The van der Waals surface area contributed by atoms with Gasteiger partial charge in [0.2, 0.25) is 0 Å². The lowest BCUT2D eigenvalue weighted by Gasteiger charge is -2.21. The van der Waals surface area contributed by atoms with Crippen LogP contribution in [0.1, 0.15) is 37.5 Å². The van der Waals surface area contributed by atoms with E-state index in [0.29, 0.717) is 12.4 Å². The minimum absolute atomic E-state index is 0.0152. The van der Waals surface area contributed by atoms with Crippen LogP contribution < -0.4 is 4.74 Å². The van der Waals surface area contributed by atoms with Gasteiger partial charge in [-0.25, -0.2) is 0 Å². The van der Waals surface area contributed by atoms with Crippen LogP contribution in [0.25, 0.3) is 0 Å². The molecule has 116 valence electrons. The van der Waals surface area contributed by atoms with Gasteiger partial charge in [-0.2, -0.15) is 0 Å². The second kappa shape index (κ2) is 7.07. The summed E-state index contributed by atoms with van der Waals surface area (Å²) in [4.78, 5) is 14.9. The SMILES string of the molecule is CC(C)(C)c1ccc(OCc2ccccc2)c(CON=O)c1. The van der Waals surface area contributed by atoms with Crippen molar-refractivity contribution in [2.45, 2.75) is 39.4 Å². The zero-order chi connectivity index (χ0) is 16.0. The lowest BCUT2D eigenvalue weighted by molar-refractivity contribution is 0.122. The fraction of sp³-hybridized carbons (Fsp3) is 0.333. The second-order valence-electron chi connectivity index (χ2n) is 6.19. The number of nitrogens with zero attached hydrogens (tertiary/aromatic N) is 1. The molecule has 0 aliphatic rings. The van der Waals surface area contributed by atoms with E-state index >= 15 is 0 Å². The topological polar surface area (TPSA) is 47.9 Å². The van der Waals surface area contributed by atoms with Crippen LogP contribution in [0.5, 0.6) is 5.75 Å². The zero-order valence-electron chi connectivity index (χ0n) is 13.2. The third-order valence-electron chi connectivity index (χ3n) is 3.44. The van der Waals surface area contributed by atoms with E-state index in [2.05, 4.69) is 30.9 Å². The van der Waals surface area contributed by atoms with Crippen LogP contribution in [0.4, 0.5) is 0 Å². The Labute approximate surface area is 131 Å². The Hall–Kier alpha value is -2.36. The lowest BCUT2D eigenvalue weighted by Crippen LogP contribution is -2.12. The molecule has 0 amide bonds. The number of hydrogen-bond donors (Lipinski definition) is 0. The molecule has 0 unspecified atom stereocenters. The monoisotopic (exact) mass is 299 g/mol. The van der Waals surface area contributed by atoms with Crippen molar-refractivity contribution in [3.63, 3.8) is 0 Å². The Bertz CT molecular complexity index is 618. The Morgan fingerprint density at radius 2 is 1.73 bits per heavy atom. The average Bonchev–Trinajstić information content (AvgIpc) is 2.51. The second-order valence-corrected chi connectivity index (χ2v) is 6.19. The maximum Gasteiger partial charge on any atom is 0.155 e. The van der Waals surface area contributed by atoms with Crippen molar-refractivity contribution >= 4 is 0 Å². The van der Waals surface area contributed by atoms with Crippen LogP contribution in [0.15, 0.2) is 53.9 Å². The highest BCUT2D eigenvalue weighted by Crippen LogP contribution is 2.29. The molecule has 4 nitrogen and oxygen atoms in total. The summed E-state index contributed by atoms with van der Waals surface area (Å²) in [5.74, 6) is 0.709. The van der Waals surface area contributed by atoms with Crippen molar-refractivity contribution in [1.82, 2.24) is 0 Å². The van der Waals surface area contributed by atoms with Gasteiger partial charge in [0.1, 0.15) is 19.0 Å². The third-order valence-corrected chi connectivity index (χ3v) is 3.44. The molecule has 2 rings (SSSR count). The van der Waals surface area contributed by atoms with Gasteiger partial charge in [0.15, 0.2) is 5.34 Å². The van der Waals surface area contributed by atoms with Crippen LogP contribution in [0, 0.1) is 4.91 Å². The van der Waals surface area contributed by atoms with Crippen LogP contribution in [0.3, 0.4) is 0 Å². The molecule has 0 fully saturated rings. The molecule has 4 heteroatoms. The molecule has 0 atom stereocenters. The highest BCUT2D eigenvalue weighted by Gasteiger charge is 2.16. The van der Waals surface area contributed by atoms with Crippen molar-refractivity contribution in [1.29, 1.82) is 0 Å². The summed E-state index contributed by atoms with van der Waals surface area (Å²) in [6.07, 6.45) is 0. The van der Waals surface area contributed by atoms with Crippen LogP contribution in [-0.4, -0.2) is 0 Å². The van der Waals surface area contributed by atoms with Crippen molar-refractivity contribution in [2.24, 2.45) is 5.34 Å². The lowest BCUT2D eigenvalue weighted by atomic mass is 9.86. The van der Waals surface area contributed by atoms with Crippen molar-refractivity contribution in [2.75, 3.05) is 0 Å². The van der Waals surface area contributed by atoms with Crippen LogP contribution in [0.2, 0.25) is 0 Å². The van der Waals surface area contributed by atoms with Gasteiger partial charge >= 0.3 is 0 Å². The summed E-state index contributed by atoms with van der Waals surface area (Å²) in [5.41, 5.74) is 3.08. The van der Waals surface area contributed by atoms with Gasteiger partial charge in [0, 0.05) is 5.56 Å². The van der Waals surface area contributed by atoms with Gasteiger partial charge in [0.25, 0.3) is 0 Å². The summed E-state index contributed by atoms with van der Waals surface area (Å²) >= 11 is 0. The summed E-state index contributed by atoms with van der Waals surface area (Å²) in [7, 11) is 0. The number of benzene rings is 2. The fourth-order valence-corrected chi connectivity index (χ4v) is 2.13. The van der Waals surface area contributed by atoms with E-state index < -0.39 is 0 Å². The van der Waals surface area contributed by atoms with E-state index in [0.717, 1.165) is 16.7 Å². The molecule has 0 saturated heterocycles. The molecule has 2 aromatic carbocycles. The molecule has 0 spiro atoms. The van der Waals surface area contributed by atoms with Gasteiger partial charge < -0.3 is 9.57 Å². The number of rotatable bonds is 6. The molecule has 0 N–H and O–H groups in total. The largest absolute Gasteiger partial charge is 0.488 e. The molecule has 22 heavy (non-hydrogen) atoms. The smallest absolute Gasteiger partial charge is 0.155 e. The van der Waals surface area contributed by atoms with Crippen LogP contribution in [-0.2, 0) is 23.5 Å². The normalized spacial score (nSPS) is 11.0. The van der Waals surface area contributed by atoms with Crippen molar-refractivity contribution in [3.05, 3.63) is 70.1 Å². The Kier molecular flexibility index (Phi) is 5.15. The third kappa shape index (κ3) is 4.32. The summed E-state index contributed by atoms with van der Waals surface area (Å²) in [6, 6.07) is 15.9. The zero-order valence-corrected chi connectivity index (χ0v) is 13.2. The molecule has 0 radical (unpaired) electrons. The van der Waals surface area contributed by atoms with E-state index in [4.69, 9.17) is 4.74 Å². The van der Waals surface area contributed by atoms with Crippen molar-refractivity contribution in [3.8, 4) is 5.75 Å². The minimum atomic E-state index is 0.0152. The van der Waals surface area contributed by atoms with E-state index in [9.17, 15) is 4.91 Å². The van der Waals surface area contributed by atoms with Gasteiger partial charge in [-0.3, -0.25) is 0 Å². The standard InChI is InChI=1S/C18H21NO3/c1-18(2,3)16-9-10-17(15(11-16)13-22-19-20)21-12-14-7-5-4-6-8-14/h4-11H,12-13H2,1-3H3. The van der Waals surface area contributed by atoms with E-state index in [1.807, 2.05) is 48.5 Å². The van der Waals surface area contributed by atoms with E-state index in [1.165, 1.54) is 0 Å². The van der Waals surface area contributed by atoms with Crippen LogP contribution >= 0.6 is 0 Å². The highest BCUT2D eigenvalue weighted by molar-refractivity contribution is 5.39. The molecular weight excluding hydrogens is 278 g/mol. The number of ether oxygens (including phenoxy) is 1. The molecule has 0 heterocycles. The first kappa shape index (κ1) is 16.0. The molecule has 2 aromatic rings. The summed E-state index contributed by atoms with van der Waals surface area (Å²) in [6.45, 7) is 6.98. The first-order valence-corrected chi connectivity index (χ1v) is 7.25. The van der Waals surface area contributed by atoms with Gasteiger partial charge in [-0.05, 0) is 28.7 Å². The first-order chi connectivity index (χ1) is 10.5. The molecular formula is C18H21NO3. The Morgan fingerprint density at radius 1 is 1.00 bits per heavy atom. The maximum absolute atomic E-state index is 10.2. The summed E-state index contributed by atoms with van der Waals surface area (Å²) in [5, 5.41) is 2.48. The van der Waals surface area contributed by atoms with E-state index in [1.54, 1.807) is 0 Å². The molecule has 0 aliphatic heterocycles. The van der Waals surface area contributed by atoms with Gasteiger partial charge in [-0.15, -0.1) is 4.91 Å². The highest BCUT2D eigenvalue weighted by atomic mass is 16.7. The minimum Gasteiger partial charge on any atom is -0.488 e. The maximum atomic E-state index is 10.2. The van der Waals surface area contributed by atoms with Crippen molar-refractivity contribution < 1.29 is 9.57 Å². The fourth-order valence-electron chi connectivity index (χ4n) is 2.13. The quantitative estimate of drug-likeness (QED) is 0.570. The van der Waals surface area contributed by atoms with Gasteiger partial charge in [-0.1, -0.05) is 57.2 Å². The predicted octanol–water partition coefficient (Wildman–Crippen LogP) is 4.76.